The van der Waals surface area contributed by atoms with Crippen LogP contribution >= 0.6 is 0 Å². The van der Waals surface area contributed by atoms with Gasteiger partial charge >= 0.3 is 11.9 Å². The number of cyclic esters (lactones) is 1. The van der Waals surface area contributed by atoms with Gasteiger partial charge < -0.3 is 24.3 Å². The lowest BCUT2D eigenvalue weighted by Gasteiger charge is -2.37. The van der Waals surface area contributed by atoms with Crippen molar-refractivity contribution in [2.45, 2.75) is 109 Å². The molecule has 232 valence electrons. The Labute approximate surface area is 251 Å². The molecular weight excluding hydrogens is 534 g/mol. The summed E-state index contributed by atoms with van der Waals surface area (Å²) in [6, 6.07) is 0. The standard InChI is InChI=1S/C34H49NO7/c1-23(17-32(36)35-4)10-7-6-8-13-31-25(3)15-14-24(2)16-27-11-9-12-28(40-27)21-29-18-26(20-33(37)39-5)19-30(41-29)22-34(38)42-31/h6-8,10,13-15,20,24-25,27-31H,9,11-12,16-19,21-22H2,1-5H3,(H,35,36)/b7-6-,13-8+,15-14+,23-10+,26-20-/t24?,25?,27?,28?,29-,30?,31?/m0/s1. The molecule has 2 saturated heterocycles. The fourth-order valence-corrected chi connectivity index (χ4v) is 5.79. The molecule has 3 rings (SSSR count). The molecule has 3 aliphatic heterocycles. The first kappa shape index (κ1) is 33.5. The van der Waals surface area contributed by atoms with Crippen LogP contribution < -0.4 is 5.32 Å². The number of hydrogen-bond acceptors (Lipinski definition) is 7. The zero-order valence-electron chi connectivity index (χ0n) is 25.9. The SMILES string of the molecule is CNC(=O)C/C(C)=C/C=C\C=C\C1OC(=O)CC2C/C(=C\C(=O)OC)C[C@@H](CC3CCCC(CC(C)/C=C/C1C)O3)O2. The highest BCUT2D eigenvalue weighted by Gasteiger charge is 2.33. The van der Waals surface area contributed by atoms with Crippen molar-refractivity contribution < 1.29 is 33.3 Å². The average Bonchev–Trinajstić information content (AvgIpc) is 2.94. The van der Waals surface area contributed by atoms with Gasteiger partial charge in [0.25, 0.3) is 0 Å². The van der Waals surface area contributed by atoms with Gasteiger partial charge in [-0.15, -0.1) is 0 Å². The summed E-state index contributed by atoms with van der Waals surface area (Å²) in [5, 5.41) is 2.62. The van der Waals surface area contributed by atoms with Crippen LogP contribution in [0.2, 0.25) is 0 Å². The molecule has 3 heterocycles. The molecule has 0 saturated carbocycles. The number of ether oxygens (including phenoxy) is 4. The number of carbonyl (C=O) groups is 3. The fraction of sp³-hybridized carbons (Fsp3) is 0.618. The molecule has 8 heteroatoms. The quantitative estimate of drug-likeness (QED) is 0.186. The molecule has 0 aromatic carbocycles. The molecule has 2 fully saturated rings. The summed E-state index contributed by atoms with van der Waals surface area (Å²) < 4.78 is 23.8. The van der Waals surface area contributed by atoms with Gasteiger partial charge in [-0.3, -0.25) is 9.59 Å². The Bertz CT molecular complexity index is 1070. The zero-order chi connectivity index (χ0) is 30.5. The van der Waals surface area contributed by atoms with Crippen molar-refractivity contribution in [2.75, 3.05) is 14.2 Å². The van der Waals surface area contributed by atoms with Crippen LogP contribution in [0.3, 0.4) is 0 Å². The van der Waals surface area contributed by atoms with E-state index in [1.165, 1.54) is 13.2 Å². The summed E-state index contributed by atoms with van der Waals surface area (Å²) in [7, 11) is 2.99. The number of methoxy groups -OCH3 is 1. The molecule has 6 unspecified atom stereocenters. The summed E-state index contributed by atoms with van der Waals surface area (Å²) in [5.41, 5.74) is 1.87. The first-order valence-corrected chi connectivity index (χ1v) is 15.3. The maximum Gasteiger partial charge on any atom is 0.330 e. The van der Waals surface area contributed by atoms with E-state index in [-0.39, 0.29) is 48.6 Å². The number of hydrogen-bond donors (Lipinski definition) is 1. The van der Waals surface area contributed by atoms with Gasteiger partial charge in [-0.05, 0) is 57.4 Å². The van der Waals surface area contributed by atoms with Crippen molar-refractivity contribution in [2.24, 2.45) is 11.8 Å². The van der Waals surface area contributed by atoms with Crippen molar-refractivity contribution in [1.82, 2.24) is 5.32 Å². The lowest BCUT2D eigenvalue weighted by atomic mass is 9.89. The number of nitrogens with one attached hydrogen (secondary N) is 1. The molecule has 3 aliphatic rings. The van der Waals surface area contributed by atoms with Crippen molar-refractivity contribution in [1.29, 1.82) is 0 Å². The molecule has 1 N–H and O–H groups in total. The Balaban J connectivity index is 1.80. The van der Waals surface area contributed by atoms with Gasteiger partial charge in [0.2, 0.25) is 5.91 Å². The highest BCUT2D eigenvalue weighted by atomic mass is 16.6. The van der Waals surface area contributed by atoms with Gasteiger partial charge in [0.05, 0.1) is 37.9 Å². The van der Waals surface area contributed by atoms with Gasteiger partial charge in [0.1, 0.15) is 6.10 Å². The van der Waals surface area contributed by atoms with Gasteiger partial charge in [0.15, 0.2) is 0 Å². The lowest BCUT2D eigenvalue weighted by molar-refractivity contribution is -0.154. The topological polar surface area (TPSA) is 100 Å². The largest absolute Gasteiger partial charge is 0.466 e. The Morgan fingerprint density at radius 2 is 1.69 bits per heavy atom. The normalized spacial score (nSPS) is 33.4. The van der Waals surface area contributed by atoms with Gasteiger partial charge in [0, 0.05) is 31.9 Å². The van der Waals surface area contributed by atoms with Crippen LogP contribution in [0.1, 0.15) is 78.6 Å². The molecule has 0 spiro atoms. The summed E-state index contributed by atoms with van der Waals surface area (Å²) in [6.07, 6.45) is 21.0. The lowest BCUT2D eigenvalue weighted by Crippen LogP contribution is -2.37. The minimum Gasteiger partial charge on any atom is -0.466 e. The van der Waals surface area contributed by atoms with Crippen molar-refractivity contribution in [3.05, 3.63) is 59.8 Å². The molecule has 0 aromatic rings. The molecule has 0 aliphatic carbocycles. The van der Waals surface area contributed by atoms with Gasteiger partial charge in [-0.25, -0.2) is 4.79 Å². The van der Waals surface area contributed by atoms with Crippen molar-refractivity contribution >= 4 is 17.8 Å². The number of rotatable bonds is 6. The molecular formula is C34H49NO7. The zero-order valence-corrected chi connectivity index (χ0v) is 25.9. The van der Waals surface area contributed by atoms with E-state index in [1.807, 2.05) is 44.2 Å². The van der Waals surface area contributed by atoms with Crippen molar-refractivity contribution in [3.63, 3.8) is 0 Å². The molecule has 4 bridgehead atoms. The molecule has 0 aromatic heterocycles. The molecule has 7 atom stereocenters. The number of carbonyl (C=O) groups excluding carboxylic acids is 3. The Morgan fingerprint density at radius 3 is 2.43 bits per heavy atom. The molecule has 42 heavy (non-hydrogen) atoms. The van der Waals surface area contributed by atoms with E-state index >= 15 is 0 Å². The van der Waals surface area contributed by atoms with Crippen LogP contribution in [-0.2, 0) is 33.3 Å². The second-order valence-corrected chi connectivity index (χ2v) is 11.9. The highest BCUT2D eigenvalue weighted by Crippen LogP contribution is 2.33. The third-order valence-corrected chi connectivity index (χ3v) is 8.03. The second kappa shape index (κ2) is 17.2. The molecule has 1 amide bonds. The Kier molecular flexibility index (Phi) is 13.7. The van der Waals surface area contributed by atoms with Crippen LogP contribution in [0.4, 0.5) is 0 Å². The molecule has 8 nitrogen and oxygen atoms in total. The monoisotopic (exact) mass is 583 g/mol. The fourth-order valence-electron chi connectivity index (χ4n) is 5.79. The van der Waals surface area contributed by atoms with Crippen LogP contribution in [0.5, 0.6) is 0 Å². The van der Waals surface area contributed by atoms with E-state index < -0.39 is 12.1 Å². The molecule has 0 radical (unpaired) electrons. The third-order valence-electron chi connectivity index (χ3n) is 8.03. The highest BCUT2D eigenvalue weighted by molar-refractivity contribution is 5.82. The Morgan fingerprint density at radius 1 is 0.976 bits per heavy atom. The van der Waals surface area contributed by atoms with Crippen molar-refractivity contribution in [3.8, 4) is 0 Å². The third kappa shape index (κ3) is 11.7. The minimum atomic E-state index is -0.464. The predicted molar refractivity (Wildman–Crippen MR) is 162 cm³/mol. The van der Waals surface area contributed by atoms with E-state index in [2.05, 4.69) is 24.4 Å². The number of fused-ring (bicyclic) bond motifs is 4. The summed E-state index contributed by atoms with van der Waals surface area (Å²) in [6.45, 7) is 6.15. The maximum absolute atomic E-state index is 13.2. The number of amides is 1. The van der Waals surface area contributed by atoms with E-state index in [0.29, 0.717) is 25.2 Å². The number of allylic oxidation sites excluding steroid dienone is 5. The first-order valence-electron chi connectivity index (χ1n) is 15.3. The Hall–Kier alpha value is -2.97. The van der Waals surface area contributed by atoms with E-state index in [0.717, 1.165) is 43.3 Å². The van der Waals surface area contributed by atoms with Gasteiger partial charge in [-0.2, -0.15) is 0 Å². The van der Waals surface area contributed by atoms with Crippen LogP contribution in [0.15, 0.2) is 59.8 Å². The predicted octanol–water partition coefficient (Wildman–Crippen LogP) is 5.69. The minimum absolute atomic E-state index is 0.0310. The maximum atomic E-state index is 13.2. The second-order valence-electron chi connectivity index (χ2n) is 11.9. The van der Waals surface area contributed by atoms with E-state index in [1.54, 1.807) is 7.05 Å². The van der Waals surface area contributed by atoms with Gasteiger partial charge in [-0.1, -0.05) is 61.4 Å². The van der Waals surface area contributed by atoms with Crippen LogP contribution in [0.25, 0.3) is 0 Å². The summed E-state index contributed by atoms with van der Waals surface area (Å²) in [4.78, 5) is 36.8. The van der Waals surface area contributed by atoms with E-state index in [9.17, 15) is 14.4 Å². The smallest absolute Gasteiger partial charge is 0.330 e. The van der Waals surface area contributed by atoms with E-state index in [4.69, 9.17) is 18.9 Å². The first-order chi connectivity index (χ1) is 20.1. The number of esters is 2. The van der Waals surface area contributed by atoms with Crippen LogP contribution in [-0.4, -0.2) is 62.5 Å². The van der Waals surface area contributed by atoms with Crippen LogP contribution in [0, 0.1) is 11.8 Å². The summed E-state index contributed by atoms with van der Waals surface area (Å²) >= 11 is 0. The average molecular weight is 584 g/mol. The summed E-state index contributed by atoms with van der Waals surface area (Å²) in [5.74, 6) is -0.490.